The van der Waals surface area contributed by atoms with Gasteiger partial charge in [-0.2, -0.15) is 0 Å². The Morgan fingerprint density at radius 1 is 0.909 bits per heavy atom. The number of carbonyl (C=O) groups excluding carboxylic acids is 1. The summed E-state index contributed by atoms with van der Waals surface area (Å²) in [5, 5.41) is 11.5. The van der Waals surface area contributed by atoms with Gasteiger partial charge in [0.25, 0.3) is 0 Å². The Kier molecular flexibility index (Phi) is 8.41. The first-order chi connectivity index (χ1) is 16.3. The van der Waals surface area contributed by atoms with Crippen molar-refractivity contribution in [3.63, 3.8) is 0 Å². The number of morpholine rings is 1. The number of aromatic nitrogens is 4. The summed E-state index contributed by atoms with van der Waals surface area (Å²) >= 11 is 0. The number of hydrogen-bond acceptors (Lipinski definition) is 6. The van der Waals surface area contributed by atoms with Gasteiger partial charge in [-0.25, -0.2) is 4.68 Å². The summed E-state index contributed by atoms with van der Waals surface area (Å²) in [7, 11) is 0. The first kappa shape index (κ1) is 22.9. The van der Waals surface area contributed by atoms with Crippen LogP contribution in [-0.2, 0) is 16.0 Å². The Bertz CT molecular complexity index is 984. The largest absolute Gasteiger partial charge is 0.378 e. The van der Waals surface area contributed by atoms with Crippen molar-refractivity contribution in [3.8, 4) is 5.69 Å². The van der Waals surface area contributed by atoms with E-state index in [-0.39, 0.29) is 5.91 Å². The summed E-state index contributed by atoms with van der Waals surface area (Å²) in [6, 6.07) is 12.1. The molecule has 8 nitrogen and oxygen atoms in total. The molecule has 3 aromatic rings. The number of hydrogen-bond donors (Lipinski definition) is 1. The van der Waals surface area contributed by atoms with Crippen LogP contribution in [0, 0.1) is 0 Å². The highest BCUT2D eigenvalue weighted by molar-refractivity contribution is 5.90. The van der Waals surface area contributed by atoms with Gasteiger partial charge in [0, 0.05) is 43.3 Å². The van der Waals surface area contributed by atoms with E-state index in [0.717, 1.165) is 81.9 Å². The third-order valence-electron chi connectivity index (χ3n) is 5.83. The topological polar surface area (TPSA) is 85.2 Å². The number of aryl methyl sites for hydroxylation is 1. The smallest absolute Gasteiger partial charge is 0.224 e. The van der Waals surface area contributed by atoms with Crippen molar-refractivity contribution in [2.45, 2.75) is 44.9 Å². The summed E-state index contributed by atoms with van der Waals surface area (Å²) in [4.78, 5) is 18.2. The van der Waals surface area contributed by atoms with Gasteiger partial charge < -0.3 is 15.0 Å². The van der Waals surface area contributed by atoms with E-state index in [2.05, 4.69) is 49.8 Å². The number of ether oxygens (including phenoxy) is 1. The second-order valence-electron chi connectivity index (χ2n) is 8.32. The van der Waals surface area contributed by atoms with Gasteiger partial charge >= 0.3 is 0 Å². The van der Waals surface area contributed by atoms with E-state index in [9.17, 15) is 4.79 Å². The van der Waals surface area contributed by atoms with Crippen molar-refractivity contribution in [2.24, 2.45) is 0 Å². The molecule has 8 heteroatoms. The molecule has 1 aromatic carbocycles. The number of nitrogens with zero attached hydrogens (tertiary/aromatic N) is 5. The fourth-order valence-electron chi connectivity index (χ4n) is 3.96. The molecule has 4 rings (SSSR count). The lowest BCUT2D eigenvalue weighted by Gasteiger charge is -2.28. The summed E-state index contributed by atoms with van der Waals surface area (Å²) in [5.41, 5.74) is 4.06. The fraction of sp³-hybridized carbons (Fsp3) is 0.440. The van der Waals surface area contributed by atoms with Crippen LogP contribution in [0.4, 0.5) is 11.4 Å². The molecule has 174 valence electrons. The monoisotopic (exact) mass is 448 g/mol. The van der Waals surface area contributed by atoms with Crippen LogP contribution in [0.5, 0.6) is 0 Å². The van der Waals surface area contributed by atoms with Crippen molar-refractivity contribution in [1.82, 2.24) is 20.0 Å². The van der Waals surface area contributed by atoms with E-state index < -0.39 is 0 Å². The lowest BCUT2D eigenvalue weighted by Crippen LogP contribution is -2.36. The lowest BCUT2D eigenvalue weighted by molar-refractivity contribution is -0.116. The minimum Gasteiger partial charge on any atom is -0.378 e. The molecular formula is C25H32N6O2. The number of carbonyl (C=O) groups is 1. The van der Waals surface area contributed by atoms with Gasteiger partial charge in [-0.1, -0.05) is 24.5 Å². The molecule has 1 aliphatic rings. The zero-order chi connectivity index (χ0) is 22.7. The van der Waals surface area contributed by atoms with E-state index in [1.807, 2.05) is 10.9 Å². The van der Waals surface area contributed by atoms with E-state index in [1.54, 1.807) is 24.5 Å². The van der Waals surface area contributed by atoms with Crippen LogP contribution in [0.2, 0.25) is 0 Å². The highest BCUT2D eigenvalue weighted by Crippen LogP contribution is 2.19. The third-order valence-corrected chi connectivity index (χ3v) is 5.83. The van der Waals surface area contributed by atoms with E-state index in [4.69, 9.17) is 4.74 Å². The van der Waals surface area contributed by atoms with Crippen LogP contribution >= 0.6 is 0 Å². The average Bonchev–Trinajstić information content (AvgIpc) is 3.34. The molecule has 1 aliphatic heterocycles. The second-order valence-corrected chi connectivity index (χ2v) is 8.32. The Balaban J connectivity index is 1.11. The Hall–Kier alpha value is -3.26. The van der Waals surface area contributed by atoms with Crippen LogP contribution < -0.4 is 10.2 Å². The number of benzene rings is 1. The average molecular weight is 449 g/mol. The van der Waals surface area contributed by atoms with Gasteiger partial charge in [0.15, 0.2) is 0 Å². The van der Waals surface area contributed by atoms with Gasteiger partial charge in [-0.05, 0) is 55.7 Å². The number of rotatable bonds is 11. The molecular weight excluding hydrogens is 416 g/mol. The molecule has 0 aliphatic carbocycles. The minimum absolute atomic E-state index is 0.0655. The number of nitrogens with one attached hydrogen (secondary N) is 1. The van der Waals surface area contributed by atoms with E-state index in [0.29, 0.717) is 6.42 Å². The Labute approximate surface area is 195 Å². The molecule has 3 heterocycles. The van der Waals surface area contributed by atoms with Crippen LogP contribution in [0.3, 0.4) is 0 Å². The van der Waals surface area contributed by atoms with Gasteiger partial charge in [0.05, 0.1) is 30.8 Å². The molecule has 1 fully saturated rings. The number of pyridine rings is 1. The van der Waals surface area contributed by atoms with Gasteiger partial charge in [0.1, 0.15) is 0 Å². The normalized spacial score (nSPS) is 13.8. The number of amides is 1. The zero-order valence-corrected chi connectivity index (χ0v) is 19.0. The van der Waals surface area contributed by atoms with Gasteiger partial charge in [0.2, 0.25) is 5.91 Å². The molecule has 2 aromatic heterocycles. The second kappa shape index (κ2) is 12.1. The predicted octanol–water partition coefficient (Wildman–Crippen LogP) is 4.02. The van der Waals surface area contributed by atoms with Crippen molar-refractivity contribution in [1.29, 1.82) is 0 Å². The van der Waals surface area contributed by atoms with Crippen LogP contribution in [-0.4, -0.2) is 52.2 Å². The third kappa shape index (κ3) is 7.12. The van der Waals surface area contributed by atoms with Crippen LogP contribution in [0.15, 0.2) is 55.0 Å². The van der Waals surface area contributed by atoms with E-state index in [1.165, 1.54) is 5.69 Å². The SMILES string of the molecule is O=C(CCCCCCCc1cn(-c2ccc(N3CCOCC3)cc2)nn1)Nc1ccncc1. The summed E-state index contributed by atoms with van der Waals surface area (Å²) in [5.74, 6) is 0.0655. The highest BCUT2D eigenvalue weighted by Gasteiger charge is 2.11. The van der Waals surface area contributed by atoms with Crippen molar-refractivity contribution >= 4 is 17.3 Å². The molecule has 0 atom stereocenters. The van der Waals surface area contributed by atoms with Crippen molar-refractivity contribution in [3.05, 3.63) is 60.7 Å². The molecule has 1 N–H and O–H groups in total. The quantitative estimate of drug-likeness (QED) is 0.446. The first-order valence-electron chi connectivity index (χ1n) is 11.8. The molecule has 1 amide bonds. The summed E-state index contributed by atoms with van der Waals surface area (Å²) in [6.07, 6.45) is 12.2. The number of anilines is 2. The first-order valence-corrected chi connectivity index (χ1v) is 11.8. The Morgan fingerprint density at radius 3 is 2.39 bits per heavy atom. The van der Waals surface area contributed by atoms with Crippen LogP contribution in [0.1, 0.15) is 44.2 Å². The standard InChI is InChI=1S/C25H32N6O2/c32-25(27-21-12-14-26-15-13-21)7-5-3-1-2-4-6-22-20-31(29-28-22)24-10-8-23(9-11-24)30-16-18-33-19-17-30/h8-15,20H,1-7,16-19H2,(H,26,27,32). The molecule has 0 saturated carbocycles. The molecule has 0 spiro atoms. The van der Waals surface area contributed by atoms with Gasteiger partial charge in [-0.3, -0.25) is 9.78 Å². The maximum atomic E-state index is 11.9. The molecule has 0 bridgehead atoms. The summed E-state index contributed by atoms with van der Waals surface area (Å²) in [6.45, 7) is 3.45. The van der Waals surface area contributed by atoms with Crippen molar-refractivity contribution < 1.29 is 9.53 Å². The van der Waals surface area contributed by atoms with Crippen LogP contribution in [0.25, 0.3) is 5.69 Å². The molecule has 33 heavy (non-hydrogen) atoms. The van der Waals surface area contributed by atoms with E-state index >= 15 is 0 Å². The summed E-state index contributed by atoms with van der Waals surface area (Å²) < 4.78 is 7.27. The maximum absolute atomic E-state index is 11.9. The van der Waals surface area contributed by atoms with Gasteiger partial charge in [-0.15, -0.1) is 5.10 Å². The minimum atomic E-state index is 0.0655. The lowest BCUT2D eigenvalue weighted by atomic mass is 10.1. The molecule has 1 saturated heterocycles. The molecule has 0 unspecified atom stereocenters. The predicted molar refractivity (Wildman–Crippen MR) is 129 cm³/mol. The van der Waals surface area contributed by atoms with Crippen molar-refractivity contribution in [2.75, 3.05) is 36.5 Å². The Morgan fingerprint density at radius 2 is 1.61 bits per heavy atom. The maximum Gasteiger partial charge on any atom is 0.224 e. The number of unbranched alkanes of at least 4 members (excludes halogenated alkanes) is 4. The molecule has 0 radical (unpaired) electrons. The highest BCUT2D eigenvalue weighted by atomic mass is 16.5. The zero-order valence-electron chi connectivity index (χ0n) is 19.0. The fourth-order valence-corrected chi connectivity index (χ4v) is 3.96.